The van der Waals surface area contributed by atoms with Gasteiger partial charge in [-0.05, 0) is 55.3 Å². The van der Waals surface area contributed by atoms with Crippen molar-refractivity contribution in [3.05, 3.63) is 56.5 Å². The molecule has 2 aromatic rings. The van der Waals surface area contributed by atoms with Crippen LogP contribution in [0.1, 0.15) is 16.7 Å². The molecule has 0 radical (unpaired) electrons. The highest BCUT2D eigenvalue weighted by Gasteiger charge is 2.10. The smallest absolute Gasteiger partial charge is 0.133 e. The van der Waals surface area contributed by atoms with Gasteiger partial charge in [-0.1, -0.05) is 43.5 Å². The summed E-state index contributed by atoms with van der Waals surface area (Å²) in [7, 11) is 0. The van der Waals surface area contributed by atoms with E-state index in [4.69, 9.17) is 16.3 Å². The van der Waals surface area contributed by atoms with E-state index in [1.54, 1.807) is 0 Å². The van der Waals surface area contributed by atoms with Crippen LogP contribution in [-0.4, -0.2) is 0 Å². The van der Waals surface area contributed by atoms with Gasteiger partial charge in [0, 0.05) is 20.4 Å². The van der Waals surface area contributed by atoms with Gasteiger partial charge >= 0.3 is 0 Å². The molecule has 0 unspecified atom stereocenters. The molecule has 2 aromatic carbocycles. The van der Waals surface area contributed by atoms with Crippen molar-refractivity contribution in [2.75, 3.05) is 0 Å². The number of rotatable bonds is 3. The van der Waals surface area contributed by atoms with Gasteiger partial charge in [0.1, 0.15) is 11.5 Å². The Balaban J connectivity index is 2.42. The average molecular weight is 405 g/mol. The van der Waals surface area contributed by atoms with Crippen LogP contribution in [0.2, 0.25) is 5.02 Å². The lowest BCUT2D eigenvalue weighted by Gasteiger charge is -2.14. The Kier molecular flexibility index (Phi) is 4.93. The van der Waals surface area contributed by atoms with Crippen LogP contribution in [0.5, 0.6) is 11.5 Å². The van der Waals surface area contributed by atoms with Crippen LogP contribution in [-0.2, 0) is 5.33 Å². The van der Waals surface area contributed by atoms with Crippen molar-refractivity contribution in [3.63, 3.8) is 0 Å². The summed E-state index contributed by atoms with van der Waals surface area (Å²) in [5.74, 6) is 1.72. The first-order valence-electron chi connectivity index (χ1n) is 5.80. The Morgan fingerprint density at radius 1 is 1.11 bits per heavy atom. The molecule has 0 fully saturated rings. The van der Waals surface area contributed by atoms with Crippen LogP contribution in [0.25, 0.3) is 0 Å². The molecule has 1 nitrogen and oxygen atoms in total. The number of halogens is 3. The molecule has 0 aliphatic rings. The molecule has 0 aliphatic heterocycles. The highest BCUT2D eigenvalue weighted by atomic mass is 79.9. The minimum absolute atomic E-state index is 0.735. The second-order valence-electron chi connectivity index (χ2n) is 4.36. The fraction of sp³-hybridized carbons (Fsp3) is 0.200. The average Bonchev–Trinajstić information content (AvgIpc) is 2.35. The lowest BCUT2D eigenvalue weighted by molar-refractivity contribution is 0.471. The van der Waals surface area contributed by atoms with Crippen LogP contribution in [0, 0.1) is 13.8 Å². The number of benzene rings is 2. The van der Waals surface area contributed by atoms with Gasteiger partial charge in [0.25, 0.3) is 0 Å². The number of aryl methyl sites for hydroxylation is 2. The molecular formula is C15H13Br2ClO. The normalized spacial score (nSPS) is 10.6. The van der Waals surface area contributed by atoms with Crippen molar-refractivity contribution in [1.29, 1.82) is 0 Å². The maximum absolute atomic E-state index is 6.06. The molecule has 0 saturated carbocycles. The summed E-state index contributed by atoms with van der Waals surface area (Å²) in [5.41, 5.74) is 3.17. The monoisotopic (exact) mass is 402 g/mol. The summed E-state index contributed by atoms with van der Waals surface area (Å²) >= 11 is 13.0. The molecule has 0 amide bonds. The molecule has 0 N–H and O–H groups in total. The lowest BCUT2D eigenvalue weighted by Crippen LogP contribution is -1.94. The predicted octanol–water partition coefficient (Wildman–Crippen LogP) is 6.41. The molecule has 2 rings (SSSR count). The molecule has 0 bridgehead atoms. The standard InChI is InChI=1S/C15H13Br2ClO/c1-9-5-13(18)6-10(2)15(9)19-14-4-3-12(17)7-11(14)8-16/h3-7H,8H2,1-2H3. The van der Waals surface area contributed by atoms with E-state index >= 15 is 0 Å². The van der Waals surface area contributed by atoms with Crippen molar-refractivity contribution in [2.24, 2.45) is 0 Å². The minimum atomic E-state index is 0.735. The molecule has 0 atom stereocenters. The maximum Gasteiger partial charge on any atom is 0.133 e. The van der Waals surface area contributed by atoms with Gasteiger partial charge in [-0.3, -0.25) is 0 Å². The van der Waals surface area contributed by atoms with Gasteiger partial charge in [0.05, 0.1) is 0 Å². The van der Waals surface area contributed by atoms with Crippen molar-refractivity contribution < 1.29 is 4.74 Å². The van der Waals surface area contributed by atoms with Crippen molar-refractivity contribution in [1.82, 2.24) is 0 Å². The van der Waals surface area contributed by atoms with E-state index < -0.39 is 0 Å². The van der Waals surface area contributed by atoms with Crippen LogP contribution >= 0.6 is 43.5 Å². The second-order valence-corrected chi connectivity index (χ2v) is 6.27. The highest BCUT2D eigenvalue weighted by Crippen LogP contribution is 2.34. The van der Waals surface area contributed by atoms with E-state index in [2.05, 4.69) is 31.9 Å². The van der Waals surface area contributed by atoms with E-state index in [0.717, 1.165) is 43.0 Å². The van der Waals surface area contributed by atoms with Crippen molar-refractivity contribution >= 4 is 43.5 Å². The van der Waals surface area contributed by atoms with Gasteiger partial charge in [-0.2, -0.15) is 0 Å². The van der Waals surface area contributed by atoms with Crippen LogP contribution in [0.4, 0.5) is 0 Å². The SMILES string of the molecule is Cc1cc(Cl)cc(C)c1Oc1ccc(Br)cc1CBr. The van der Waals surface area contributed by atoms with Crippen molar-refractivity contribution in [2.45, 2.75) is 19.2 Å². The summed E-state index contributed by atoms with van der Waals surface area (Å²) in [6.45, 7) is 4.00. The highest BCUT2D eigenvalue weighted by molar-refractivity contribution is 9.10. The first-order valence-corrected chi connectivity index (χ1v) is 8.09. The predicted molar refractivity (Wildman–Crippen MR) is 87.8 cm³/mol. The molecule has 19 heavy (non-hydrogen) atoms. The Hall–Kier alpha value is -0.510. The Morgan fingerprint density at radius 2 is 1.74 bits per heavy atom. The third kappa shape index (κ3) is 3.53. The zero-order valence-electron chi connectivity index (χ0n) is 10.6. The van der Waals surface area contributed by atoms with Crippen LogP contribution in [0.15, 0.2) is 34.8 Å². The molecule has 0 saturated heterocycles. The molecule has 0 heterocycles. The molecule has 0 aromatic heterocycles. The van der Waals surface area contributed by atoms with Gasteiger partial charge in [-0.25, -0.2) is 0 Å². The summed E-state index contributed by atoms with van der Waals surface area (Å²) in [5, 5.41) is 1.48. The lowest BCUT2D eigenvalue weighted by atomic mass is 10.1. The van der Waals surface area contributed by atoms with Crippen molar-refractivity contribution in [3.8, 4) is 11.5 Å². The van der Waals surface area contributed by atoms with Gasteiger partial charge in [0.15, 0.2) is 0 Å². The van der Waals surface area contributed by atoms with E-state index in [9.17, 15) is 0 Å². The number of alkyl halides is 1. The first-order chi connectivity index (χ1) is 9.01. The number of hydrogen-bond donors (Lipinski definition) is 0. The Labute approximate surface area is 135 Å². The maximum atomic E-state index is 6.06. The Bertz CT molecular complexity index is 588. The van der Waals surface area contributed by atoms with Crippen LogP contribution < -0.4 is 4.74 Å². The molecule has 0 aliphatic carbocycles. The minimum Gasteiger partial charge on any atom is -0.456 e. The van der Waals surface area contributed by atoms with Gasteiger partial charge in [0.2, 0.25) is 0 Å². The Morgan fingerprint density at radius 3 is 2.32 bits per heavy atom. The van der Waals surface area contributed by atoms with E-state index in [1.807, 2.05) is 44.2 Å². The quantitative estimate of drug-likeness (QED) is 0.537. The van der Waals surface area contributed by atoms with Gasteiger partial charge in [-0.15, -0.1) is 0 Å². The van der Waals surface area contributed by atoms with E-state index in [-0.39, 0.29) is 0 Å². The summed E-state index contributed by atoms with van der Waals surface area (Å²) in [6, 6.07) is 9.81. The first kappa shape index (κ1) is 14.9. The topological polar surface area (TPSA) is 9.23 Å². The third-order valence-electron chi connectivity index (χ3n) is 2.80. The zero-order chi connectivity index (χ0) is 14.0. The van der Waals surface area contributed by atoms with E-state index in [0.29, 0.717) is 0 Å². The zero-order valence-corrected chi connectivity index (χ0v) is 14.6. The second kappa shape index (κ2) is 6.29. The van der Waals surface area contributed by atoms with Crippen LogP contribution in [0.3, 0.4) is 0 Å². The summed E-state index contributed by atoms with van der Waals surface area (Å²) in [4.78, 5) is 0. The number of hydrogen-bond acceptors (Lipinski definition) is 1. The van der Waals surface area contributed by atoms with E-state index in [1.165, 1.54) is 0 Å². The van der Waals surface area contributed by atoms with Gasteiger partial charge < -0.3 is 4.74 Å². The number of ether oxygens (including phenoxy) is 1. The third-order valence-corrected chi connectivity index (χ3v) is 4.12. The molecule has 4 heteroatoms. The summed E-state index contributed by atoms with van der Waals surface area (Å²) in [6.07, 6.45) is 0. The molecule has 0 spiro atoms. The fourth-order valence-corrected chi connectivity index (χ4v) is 3.09. The molecule has 100 valence electrons. The summed E-state index contributed by atoms with van der Waals surface area (Å²) < 4.78 is 7.10. The largest absolute Gasteiger partial charge is 0.456 e. The molecular weight excluding hydrogens is 391 g/mol. The fourth-order valence-electron chi connectivity index (χ4n) is 1.92.